The zero-order valence-corrected chi connectivity index (χ0v) is 13.3. The van der Waals surface area contributed by atoms with Crippen LogP contribution in [0.15, 0.2) is 47.4 Å². The molecule has 0 saturated carbocycles. The van der Waals surface area contributed by atoms with E-state index in [0.29, 0.717) is 10.5 Å². The van der Waals surface area contributed by atoms with Crippen molar-refractivity contribution in [3.8, 4) is 6.07 Å². The Balaban J connectivity index is 1.97. The molecule has 0 radical (unpaired) electrons. The van der Waals surface area contributed by atoms with E-state index in [1.807, 2.05) is 6.07 Å². The molecule has 110 valence electrons. The van der Waals surface area contributed by atoms with E-state index >= 15 is 0 Å². The van der Waals surface area contributed by atoms with Crippen LogP contribution in [0.25, 0.3) is 10.2 Å². The summed E-state index contributed by atoms with van der Waals surface area (Å²) in [6.45, 7) is 0. The Kier molecular flexibility index (Phi) is 3.74. The van der Waals surface area contributed by atoms with Crippen LogP contribution >= 0.6 is 22.9 Å². The molecule has 0 spiro atoms. The fraction of sp³-hybridized carbons (Fsp3) is 0. The maximum absolute atomic E-state index is 12.3. The lowest BCUT2D eigenvalue weighted by molar-refractivity contribution is 0.601. The predicted octanol–water partition coefficient (Wildman–Crippen LogP) is 3.62. The summed E-state index contributed by atoms with van der Waals surface area (Å²) in [7, 11) is -3.79. The first-order valence-electron chi connectivity index (χ1n) is 6.07. The molecule has 1 N–H and O–H groups in total. The first-order chi connectivity index (χ1) is 10.5. The molecule has 22 heavy (non-hydrogen) atoms. The average molecular weight is 350 g/mol. The first-order valence-corrected chi connectivity index (χ1v) is 8.75. The van der Waals surface area contributed by atoms with Crippen LogP contribution < -0.4 is 4.72 Å². The topological polar surface area (TPSA) is 82.8 Å². The standard InChI is InChI=1S/C14H8ClN3O2S2/c15-10-4-5-12-13(7-10)21-14(17-12)18-22(19,20)11-3-1-2-9(6-11)8-16/h1-7H,(H,17,18). The third-order valence-corrected chi connectivity index (χ3v) is 5.48. The summed E-state index contributed by atoms with van der Waals surface area (Å²) in [4.78, 5) is 4.23. The van der Waals surface area contributed by atoms with Crippen LogP contribution in [0.2, 0.25) is 5.02 Å². The van der Waals surface area contributed by atoms with Crippen molar-refractivity contribution in [1.29, 1.82) is 5.26 Å². The number of fused-ring (bicyclic) bond motifs is 1. The van der Waals surface area contributed by atoms with Crippen LogP contribution in [0.3, 0.4) is 0 Å². The number of aromatic nitrogens is 1. The van der Waals surface area contributed by atoms with Gasteiger partial charge in [-0.25, -0.2) is 13.4 Å². The van der Waals surface area contributed by atoms with Crippen LogP contribution in [0, 0.1) is 11.3 Å². The summed E-state index contributed by atoms with van der Waals surface area (Å²) in [5.74, 6) is 0. The summed E-state index contributed by atoms with van der Waals surface area (Å²) in [6.07, 6.45) is 0. The number of hydrogen-bond donors (Lipinski definition) is 1. The Hall–Kier alpha value is -2.14. The monoisotopic (exact) mass is 349 g/mol. The molecule has 0 aliphatic heterocycles. The molecule has 0 amide bonds. The summed E-state index contributed by atoms with van der Waals surface area (Å²) >= 11 is 7.09. The van der Waals surface area contributed by atoms with Gasteiger partial charge in [0.2, 0.25) is 0 Å². The van der Waals surface area contributed by atoms with E-state index < -0.39 is 10.0 Å². The number of rotatable bonds is 3. The highest BCUT2D eigenvalue weighted by atomic mass is 35.5. The highest BCUT2D eigenvalue weighted by Gasteiger charge is 2.17. The molecule has 0 saturated heterocycles. The van der Waals surface area contributed by atoms with Gasteiger partial charge in [0.25, 0.3) is 10.0 Å². The van der Waals surface area contributed by atoms with Gasteiger partial charge in [0, 0.05) is 5.02 Å². The van der Waals surface area contributed by atoms with Gasteiger partial charge < -0.3 is 0 Å². The van der Waals surface area contributed by atoms with Crippen molar-refractivity contribution in [3.63, 3.8) is 0 Å². The largest absolute Gasteiger partial charge is 0.263 e. The molecule has 3 aromatic rings. The molecule has 8 heteroatoms. The quantitative estimate of drug-likeness (QED) is 0.782. The molecule has 0 unspecified atom stereocenters. The SMILES string of the molecule is N#Cc1cccc(S(=O)(=O)Nc2nc3ccc(Cl)cc3s2)c1. The molecule has 0 aliphatic carbocycles. The minimum atomic E-state index is -3.79. The van der Waals surface area contributed by atoms with E-state index in [0.717, 1.165) is 4.70 Å². The van der Waals surface area contributed by atoms with E-state index in [9.17, 15) is 8.42 Å². The summed E-state index contributed by atoms with van der Waals surface area (Å²) in [6, 6.07) is 12.8. The Morgan fingerprint density at radius 2 is 2.05 bits per heavy atom. The van der Waals surface area contributed by atoms with E-state index in [2.05, 4.69) is 9.71 Å². The van der Waals surface area contributed by atoms with Gasteiger partial charge in [-0.2, -0.15) is 5.26 Å². The number of anilines is 1. The second kappa shape index (κ2) is 5.57. The van der Waals surface area contributed by atoms with Crippen molar-refractivity contribution < 1.29 is 8.42 Å². The van der Waals surface area contributed by atoms with Crippen molar-refractivity contribution in [2.24, 2.45) is 0 Å². The minimum Gasteiger partial charge on any atom is -0.255 e. The number of nitrogens with one attached hydrogen (secondary N) is 1. The van der Waals surface area contributed by atoms with E-state index in [1.54, 1.807) is 24.3 Å². The lowest BCUT2D eigenvalue weighted by atomic mass is 10.2. The Morgan fingerprint density at radius 3 is 2.82 bits per heavy atom. The van der Waals surface area contributed by atoms with Gasteiger partial charge in [0.05, 0.1) is 26.7 Å². The smallest absolute Gasteiger partial charge is 0.255 e. The maximum atomic E-state index is 12.3. The highest BCUT2D eigenvalue weighted by Crippen LogP contribution is 2.29. The number of hydrogen-bond acceptors (Lipinski definition) is 5. The third-order valence-electron chi connectivity index (χ3n) is 2.85. The van der Waals surface area contributed by atoms with Crippen molar-refractivity contribution in [2.45, 2.75) is 4.90 Å². The van der Waals surface area contributed by atoms with Crippen LogP contribution in [-0.2, 0) is 10.0 Å². The fourth-order valence-corrected chi connectivity index (χ4v) is 4.27. The summed E-state index contributed by atoms with van der Waals surface area (Å²) in [5.41, 5.74) is 0.942. The molecule has 0 fully saturated rings. The molecule has 0 aliphatic rings. The number of nitriles is 1. The first kappa shape index (κ1) is 14.8. The second-order valence-corrected chi connectivity index (χ2v) is 7.53. The zero-order valence-electron chi connectivity index (χ0n) is 10.9. The molecular formula is C14H8ClN3O2S2. The average Bonchev–Trinajstić information content (AvgIpc) is 2.87. The summed E-state index contributed by atoms with van der Waals surface area (Å²) in [5, 5.41) is 9.66. The van der Waals surface area contributed by atoms with E-state index in [1.165, 1.54) is 29.5 Å². The van der Waals surface area contributed by atoms with Crippen LogP contribution in [-0.4, -0.2) is 13.4 Å². The molecule has 3 rings (SSSR count). The number of sulfonamides is 1. The number of halogens is 1. The molecule has 0 atom stereocenters. The molecular weight excluding hydrogens is 342 g/mol. The molecule has 2 aromatic carbocycles. The Bertz CT molecular complexity index is 1010. The fourth-order valence-electron chi connectivity index (χ4n) is 1.85. The van der Waals surface area contributed by atoms with Gasteiger partial charge in [-0.3, -0.25) is 4.72 Å². The van der Waals surface area contributed by atoms with Gasteiger partial charge in [-0.05, 0) is 36.4 Å². The van der Waals surface area contributed by atoms with Crippen LogP contribution in [0.4, 0.5) is 5.13 Å². The van der Waals surface area contributed by atoms with Gasteiger partial charge in [0.1, 0.15) is 0 Å². The molecule has 1 heterocycles. The van der Waals surface area contributed by atoms with Gasteiger partial charge in [0.15, 0.2) is 5.13 Å². The lowest BCUT2D eigenvalue weighted by Crippen LogP contribution is -2.12. The second-order valence-electron chi connectivity index (χ2n) is 4.38. The summed E-state index contributed by atoms with van der Waals surface area (Å²) < 4.78 is 27.9. The predicted molar refractivity (Wildman–Crippen MR) is 86.6 cm³/mol. The normalized spacial score (nSPS) is 11.3. The Morgan fingerprint density at radius 1 is 1.23 bits per heavy atom. The minimum absolute atomic E-state index is 0.0174. The van der Waals surface area contributed by atoms with Crippen molar-refractivity contribution in [1.82, 2.24) is 4.98 Å². The van der Waals surface area contributed by atoms with Gasteiger partial charge >= 0.3 is 0 Å². The van der Waals surface area contributed by atoms with Crippen molar-refractivity contribution in [3.05, 3.63) is 53.1 Å². The maximum Gasteiger partial charge on any atom is 0.263 e. The van der Waals surface area contributed by atoms with Gasteiger partial charge in [-0.15, -0.1) is 0 Å². The van der Waals surface area contributed by atoms with Crippen LogP contribution in [0.5, 0.6) is 0 Å². The third kappa shape index (κ3) is 2.90. The van der Waals surface area contributed by atoms with E-state index in [4.69, 9.17) is 16.9 Å². The van der Waals surface area contributed by atoms with E-state index in [-0.39, 0.29) is 15.6 Å². The molecule has 0 bridgehead atoms. The van der Waals surface area contributed by atoms with Gasteiger partial charge in [-0.1, -0.05) is 29.0 Å². The molecule has 1 aromatic heterocycles. The Labute approximate surface area is 135 Å². The highest BCUT2D eigenvalue weighted by molar-refractivity contribution is 7.93. The van der Waals surface area contributed by atoms with Crippen molar-refractivity contribution in [2.75, 3.05) is 4.72 Å². The van der Waals surface area contributed by atoms with Crippen molar-refractivity contribution >= 4 is 48.3 Å². The number of nitrogens with zero attached hydrogens (tertiary/aromatic N) is 2. The molecule has 5 nitrogen and oxygen atoms in total. The number of thiazole rings is 1. The lowest BCUT2D eigenvalue weighted by Gasteiger charge is -2.04. The number of benzene rings is 2. The zero-order chi connectivity index (χ0) is 15.7. The van der Waals surface area contributed by atoms with Crippen LogP contribution in [0.1, 0.15) is 5.56 Å².